The number of rotatable bonds is 9. The first-order valence-electron chi connectivity index (χ1n) is 10.9. The van der Waals surface area contributed by atoms with Crippen molar-refractivity contribution in [2.75, 3.05) is 10.6 Å². The van der Waals surface area contributed by atoms with Gasteiger partial charge >= 0.3 is 12.0 Å². The number of nitrogens with one attached hydrogen (secondary N) is 3. The Morgan fingerprint density at radius 3 is 2.15 bits per heavy atom. The van der Waals surface area contributed by atoms with Crippen LogP contribution in [0.5, 0.6) is 0 Å². The smallest absolute Gasteiger partial charge is 0.334 e. The predicted molar refractivity (Wildman–Crippen MR) is 130 cm³/mol. The summed E-state index contributed by atoms with van der Waals surface area (Å²) >= 11 is 0. The monoisotopic (exact) mass is 461 g/mol. The van der Waals surface area contributed by atoms with Gasteiger partial charge < -0.3 is 26.2 Å². The fourth-order valence-corrected chi connectivity index (χ4v) is 3.48. The lowest BCUT2D eigenvalue weighted by atomic mass is 10.00. The van der Waals surface area contributed by atoms with Gasteiger partial charge in [0.25, 0.3) is 5.91 Å². The van der Waals surface area contributed by atoms with Crippen LogP contribution in [0.25, 0.3) is 0 Å². The van der Waals surface area contributed by atoms with E-state index in [1.165, 1.54) is 6.07 Å². The second kappa shape index (κ2) is 11.6. The highest BCUT2D eigenvalue weighted by atomic mass is 16.4. The molecule has 34 heavy (non-hydrogen) atoms. The summed E-state index contributed by atoms with van der Waals surface area (Å²) in [6.45, 7) is 1.93. The van der Waals surface area contributed by atoms with Gasteiger partial charge in [0.1, 0.15) is 0 Å². The first-order chi connectivity index (χ1) is 16.4. The zero-order chi connectivity index (χ0) is 24.5. The van der Waals surface area contributed by atoms with Crippen molar-refractivity contribution >= 4 is 29.3 Å². The number of urea groups is 1. The third-order valence-corrected chi connectivity index (χ3v) is 5.28. The topological polar surface area (TPSA) is 128 Å². The molecular formula is C26H27N3O5. The van der Waals surface area contributed by atoms with E-state index in [0.717, 1.165) is 11.1 Å². The summed E-state index contributed by atoms with van der Waals surface area (Å²) in [7, 11) is 0. The SMILES string of the molecule is CCc1ccc(C(=O)N[C@H](Cc2ccccc2)[C@@H](O)C(=O)O)cc1NC(=O)Nc1ccccc1. The molecule has 0 heterocycles. The number of anilines is 2. The number of carbonyl (C=O) groups is 3. The fraction of sp³-hybridized carbons (Fsp3) is 0.192. The average molecular weight is 462 g/mol. The first-order valence-corrected chi connectivity index (χ1v) is 10.9. The van der Waals surface area contributed by atoms with Gasteiger partial charge in [-0.05, 0) is 48.2 Å². The molecule has 176 valence electrons. The van der Waals surface area contributed by atoms with E-state index in [0.29, 0.717) is 17.8 Å². The summed E-state index contributed by atoms with van der Waals surface area (Å²) < 4.78 is 0. The maximum Gasteiger partial charge on any atom is 0.334 e. The third-order valence-electron chi connectivity index (χ3n) is 5.28. The van der Waals surface area contributed by atoms with E-state index in [2.05, 4.69) is 16.0 Å². The van der Waals surface area contributed by atoms with Gasteiger partial charge in [0.2, 0.25) is 0 Å². The van der Waals surface area contributed by atoms with E-state index < -0.39 is 30.1 Å². The Kier molecular flexibility index (Phi) is 8.37. The van der Waals surface area contributed by atoms with Gasteiger partial charge in [-0.25, -0.2) is 9.59 Å². The summed E-state index contributed by atoms with van der Waals surface area (Å²) in [6.07, 6.45) is -1.03. The number of aliphatic carboxylic acids is 1. The average Bonchev–Trinajstić information content (AvgIpc) is 2.84. The molecule has 0 saturated heterocycles. The third kappa shape index (κ3) is 6.66. The first kappa shape index (κ1) is 24.5. The number of aliphatic hydroxyl groups is 1. The van der Waals surface area contributed by atoms with E-state index >= 15 is 0 Å². The standard InChI is InChI=1S/C26H27N3O5/c1-2-18-13-14-19(16-21(18)29-26(34)27-20-11-7-4-8-12-20)24(31)28-22(23(30)25(32)33)15-17-9-5-3-6-10-17/h3-14,16,22-23,30H,2,15H2,1H3,(H,28,31)(H,32,33)(H2,27,29,34)/t22-,23-/m1/s1. The van der Waals surface area contributed by atoms with Crippen LogP contribution in [-0.2, 0) is 17.6 Å². The zero-order valence-corrected chi connectivity index (χ0v) is 18.7. The van der Waals surface area contributed by atoms with Crippen LogP contribution in [0.1, 0.15) is 28.4 Å². The molecule has 0 aliphatic rings. The Morgan fingerprint density at radius 2 is 1.53 bits per heavy atom. The molecule has 3 aromatic carbocycles. The van der Waals surface area contributed by atoms with Gasteiger partial charge in [0, 0.05) is 16.9 Å². The second-order valence-corrected chi connectivity index (χ2v) is 7.72. The highest BCUT2D eigenvalue weighted by Gasteiger charge is 2.28. The zero-order valence-electron chi connectivity index (χ0n) is 18.7. The van der Waals surface area contributed by atoms with Gasteiger partial charge in [-0.3, -0.25) is 4.79 Å². The molecule has 0 unspecified atom stereocenters. The molecule has 0 bridgehead atoms. The van der Waals surface area contributed by atoms with Crippen LogP contribution in [0.15, 0.2) is 78.9 Å². The maximum atomic E-state index is 13.0. The fourth-order valence-electron chi connectivity index (χ4n) is 3.48. The van der Waals surface area contributed by atoms with Crippen molar-refractivity contribution in [3.63, 3.8) is 0 Å². The number of hydrogen-bond acceptors (Lipinski definition) is 4. The summed E-state index contributed by atoms with van der Waals surface area (Å²) in [5.74, 6) is -1.99. The molecule has 3 aromatic rings. The number of aryl methyl sites for hydroxylation is 1. The van der Waals surface area contributed by atoms with Crippen molar-refractivity contribution in [2.45, 2.75) is 31.9 Å². The van der Waals surface area contributed by atoms with Crippen molar-refractivity contribution in [1.82, 2.24) is 5.32 Å². The van der Waals surface area contributed by atoms with Crippen molar-refractivity contribution in [3.05, 3.63) is 95.6 Å². The molecule has 3 amide bonds. The number of carbonyl (C=O) groups excluding carboxylic acids is 2. The Hall–Kier alpha value is -4.17. The maximum absolute atomic E-state index is 13.0. The van der Waals surface area contributed by atoms with Crippen LogP contribution in [0, 0.1) is 0 Å². The molecule has 0 spiro atoms. The number of hydrogen-bond donors (Lipinski definition) is 5. The molecular weight excluding hydrogens is 434 g/mol. The Balaban J connectivity index is 1.77. The van der Waals surface area contributed by atoms with Gasteiger partial charge in [-0.1, -0.05) is 61.5 Å². The molecule has 3 rings (SSSR count). The Labute approximate surface area is 197 Å². The van der Waals surface area contributed by atoms with Crippen molar-refractivity contribution in [2.24, 2.45) is 0 Å². The van der Waals surface area contributed by atoms with Crippen LogP contribution in [0.4, 0.5) is 16.2 Å². The summed E-state index contributed by atoms with van der Waals surface area (Å²) in [5, 5.41) is 27.6. The van der Waals surface area contributed by atoms with E-state index in [4.69, 9.17) is 0 Å². The van der Waals surface area contributed by atoms with E-state index in [9.17, 15) is 24.6 Å². The molecule has 8 nitrogen and oxygen atoms in total. The predicted octanol–water partition coefficient (Wildman–Crippen LogP) is 3.68. The lowest BCUT2D eigenvalue weighted by Gasteiger charge is -2.22. The van der Waals surface area contributed by atoms with E-state index in [1.807, 2.05) is 19.1 Å². The number of para-hydroxylation sites is 1. The highest BCUT2D eigenvalue weighted by molar-refractivity contribution is 6.02. The quantitative estimate of drug-likeness (QED) is 0.332. The number of carboxylic acid groups (broad SMARTS) is 1. The van der Waals surface area contributed by atoms with Crippen molar-refractivity contribution in [1.29, 1.82) is 0 Å². The number of aliphatic hydroxyl groups excluding tert-OH is 1. The molecule has 0 saturated carbocycles. The summed E-state index contributed by atoms with van der Waals surface area (Å²) in [4.78, 5) is 36.8. The molecule has 0 aromatic heterocycles. The van der Waals surface area contributed by atoms with E-state index in [1.54, 1.807) is 60.7 Å². The summed E-state index contributed by atoms with van der Waals surface area (Å²) in [5.41, 5.74) is 2.91. The minimum Gasteiger partial charge on any atom is -0.479 e. The molecule has 2 atom stereocenters. The minimum absolute atomic E-state index is 0.137. The van der Waals surface area contributed by atoms with Crippen LogP contribution < -0.4 is 16.0 Å². The van der Waals surface area contributed by atoms with Gasteiger partial charge in [-0.15, -0.1) is 0 Å². The van der Waals surface area contributed by atoms with Gasteiger partial charge in [0.15, 0.2) is 6.10 Å². The second-order valence-electron chi connectivity index (χ2n) is 7.72. The lowest BCUT2D eigenvalue weighted by Crippen LogP contribution is -2.48. The molecule has 0 aliphatic heterocycles. The largest absolute Gasteiger partial charge is 0.479 e. The highest BCUT2D eigenvalue weighted by Crippen LogP contribution is 2.20. The molecule has 0 aliphatic carbocycles. The number of carboxylic acids is 1. The van der Waals surface area contributed by atoms with Crippen molar-refractivity contribution in [3.8, 4) is 0 Å². The lowest BCUT2D eigenvalue weighted by molar-refractivity contribution is -0.148. The van der Waals surface area contributed by atoms with Crippen LogP contribution in [0.3, 0.4) is 0 Å². The number of benzene rings is 3. The molecule has 8 heteroatoms. The molecule has 0 radical (unpaired) electrons. The molecule has 0 fully saturated rings. The normalized spacial score (nSPS) is 12.3. The Bertz CT molecular complexity index is 1140. The van der Waals surface area contributed by atoms with Gasteiger partial charge in [0.05, 0.1) is 6.04 Å². The summed E-state index contributed by atoms with van der Waals surface area (Å²) in [6, 6.07) is 21.3. The van der Waals surface area contributed by atoms with Crippen LogP contribution >= 0.6 is 0 Å². The van der Waals surface area contributed by atoms with E-state index in [-0.39, 0.29) is 12.0 Å². The Morgan fingerprint density at radius 1 is 0.882 bits per heavy atom. The van der Waals surface area contributed by atoms with Crippen LogP contribution in [0.2, 0.25) is 0 Å². The molecule has 5 N–H and O–H groups in total. The van der Waals surface area contributed by atoms with Crippen molar-refractivity contribution < 1.29 is 24.6 Å². The number of amides is 3. The van der Waals surface area contributed by atoms with Gasteiger partial charge in [-0.2, -0.15) is 0 Å². The van der Waals surface area contributed by atoms with Crippen LogP contribution in [-0.4, -0.2) is 40.3 Å². The minimum atomic E-state index is -1.78.